The van der Waals surface area contributed by atoms with Gasteiger partial charge in [0.2, 0.25) is 0 Å². The van der Waals surface area contributed by atoms with Gasteiger partial charge in [-0.05, 0) is 36.4 Å². The number of anilines is 1. The Morgan fingerprint density at radius 3 is 2.44 bits per heavy atom. The summed E-state index contributed by atoms with van der Waals surface area (Å²) in [4.78, 5) is 11.8. The first-order valence-corrected chi connectivity index (χ1v) is 7.34. The predicted molar refractivity (Wildman–Crippen MR) is 89.1 cm³/mol. The smallest absolute Gasteiger partial charge is 0.319 e. The van der Waals surface area contributed by atoms with Crippen molar-refractivity contribution < 1.29 is 23.4 Å². The zero-order chi connectivity index (χ0) is 18.2. The van der Waals surface area contributed by atoms with Gasteiger partial charge in [-0.3, -0.25) is 0 Å². The number of urea groups is 1. The fourth-order valence-electron chi connectivity index (χ4n) is 2.06. The number of hydrogen-bond donors (Lipinski definition) is 3. The highest BCUT2D eigenvalue weighted by molar-refractivity contribution is 5.89. The van der Waals surface area contributed by atoms with Gasteiger partial charge >= 0.3 is 6.03 Å². The van der Waals surface area contributed by atoms with Crippen LogP contribution in [-0.4, -0.2) is 24.3 Å². The van der Waals surface area contributed by atoms with Crippen LogP contribution in [0.2, 0.25) is 0 Å². The molecule has 0 spiro atoms. The molecule has 0 saturated carbocycles. The highest BCUT2D eigenvalue weighted by atomic mass is 19.1. The standard InChI is InChI=1S/C18H16F2N2O3/c1-2-10-25-13-8-6-12(7-9-13)22-18(24)21-11-16(23)17-14(19)4-3-5-15(17)20/h1,3-9,16,23H,10-11H2,(H2,21,22,24). The molecule has 0 aliphatic heterocycles. The molecular formula is C18H16F2N2O3. The zero-order valence-electron chi connectivity index (χ0n) is 13.1. The quantitative estimate of drug-likeness (QED) is 0.705. The van der Waals surface area contributed by atoms with Crippen LogP contribution < -0.4 is 15.4 Å². The van der Waals surface area contributed by atoms with Crippen molar-refractivity contribution in [2.45, 2.75) is 6.10 Å². The van der Waals surface area contributed by atoms with Crippen LogP contribution in [0.15, 0.2) is 42.5 Å². The number of rotatable bonds is 6. The van der Waals surface area contributed by atoms with Crippen molar-refractivity contribution in [3.05, 3.63) is 59.7 Å². The molecule has 2 amide bonds. The molecule has 0 aromatic heterocycles. The molecule has 0 saturated heterocycles. The maximum absolute atomic E-state index is 13.5. The van der Waals surface area contributed by atoms with E-state index < -0.39 is 29.3 Å². The molecule has 2 aromatic rings. The van der Waals surface area contributed by atoms with Crippen molar-refractivity contribution in [1.82, 2.24) is 5.32 Å². The molecule has 0 bridgehead atoms. The molecule has 0 fully saturated rings. The first-order chi connectivity index (χ1) is 12.0. The second-order valence-corrected chi connectivity index (χ2v) is 5.00. The topological polar surface area (TPSA) is 70.6 Å². The highest BCUT2D eigenvalue weighted by Crippen LogP contribution is 2.20. The third kappa shape index (κ3) is 5.19. The van der Waals surface area contributed by atoms with Crippen LogP contribution >= 0.6 is 0 Å². The van der Waals surface area contributed by atoms with Crippen molar-refractivity contribution >= 4 is 11.7 Å². The fourth-order valence-corrected chi connectivity index (χ4v) is 2.06. The molecule has 2 rings (SSSR count). The van der Waals surface area contributed by atoms with E-state index in [2.05, 4.69) is 16.6 Å². The normalized spacial score (nSPS) is 11.3. The molecular weight excluding hydrogens is 330 g/mol. The Balaban J connectivity index is 1.87. The van der Waals surface area contributed by atoms with Gasteiger partial charge in [-0.1, -0.05) is 12.0 Å². The van der Waals surface area contributed by atoms with E-state index in [1.807, 2.05) is 0 Å². The summed E-state index contributed by atoms with van der Waals surface area (Å²) < 4.78 is 32.3. The molecule has 0 radical (unpaired) electrons. The van der Waals surface area contributed by atoms with Gasteiger partial charge in [0.15, 0.2) is 0 Å². The largest absolute Gasteiger partial charge is 0.481 e. The first-order valence-electron chi connectivity index (χ1n) is 7.34. The molecule has 5 nitrogen and oxygen atoms in total. The van der Waals surface area contributed by atoms with Crippen molar-refractivity contribution in [3.8, 4) is 18.1 Å². The first kappa shape index (κ1) is 18.2. The summed E-state index contributed by atoms with van der Waals surface area (Å²) in [5.41, 5.74) is -0.0186. The molecule has 1 atom stereocenters. The minimum atomic E-state index is -1.51. The van der Waals surface area contributed by atoms with Gasteiger partial charge in [0.05, 0.1) is 5.56 Å². The third-order valence-electron chi connectivity index (χ3n) is 3.22. The summed E-state index contributed by atoms with van der Waals surface area (Å²) >= 11 is 0. The Labute approximate surface area is 143 Å². The lowest BCUT2D eigenvalue weighted by atomic mass is 10.1. The van der Waals surface area contributed by atoms with Gasteiger partial charge < -0.3 is 20.5 Å². The molecule has 0 aliphatic rings. The monoisotopic (exact) mass is 346 g/mol. The number of carbonyl (C=O) groups is 1. The number of aliphatic hydroxyl groups is 1. The SMILES string of the molecule is C#CCOc1ccc(NC(=O)NCC(O)c2c(F)cccc2F)cc1. The Hall–Kier alpha value is -3.11. The number of nitrogens with one attached hydrogen (secondary N) is 2. The Bertz CT molecular complexity index is 753. The summed E-state index contributed by atoms with van der Waals surface area (Å²) in [6.45, 7) is -0.217. The Kier molecular flexibility index (Phi) is 6.32. The summed E-state index contributed by atoms with van der Waals surface area (Å²) in [6.07, 6.45) is 3.58. The van der Waals surface area contributed by atoms with Crippen LogP contribution in [-0.2, 0) is 0 Å². The number of amides is 2. The van der Waals surface area contributed by atoms with E-state index in [0.717, 1.165) is 12.1 Å². The molecule has 0 aliphatic carbocycles. The molecule has 1 unspecified atom stereocenters. The minimum absolute atomic E-state index is 0.137. The molecule has 3 N–H and O–H groups in total. The fraction of sp³-hybridized carbons (Fsp3) is 0.167. The van der Waals surface area contributed by atoms with Gasteiger partial charge in [0.25, 0.3) is 0 Å². The van der Waals surface area contributed by atoms with Gasteiger partial charge in [0.1, 0.15) is 30.1 Å². The third-order valence-corrected chi connectivity index (χ3v) is 3.22. The number of terminal acetylenes is 1. The Morgan fingerprint density at radius 2 is 1.84 bits per heavy atom. The van der Waals surface area contributed by atoms with Crippen LogP contribution in [0.1, 0.15) is 11.7 Å². The lowest BCUT2D eigenvalue weighted by Gasteiger charge is -2.14. The van der Waals surface area contributed by atoms with Crippen LogP contribution in [0, 0.1) is 24.0 Å². The minimum Gasteiger partial charge on any atom is -0.481 e. The zero-order valence-corrected chi connectivity index (χ0v) is 13.1. The number of ether oxygens (including phenoxy) is 1. The summed E-state index contributed by atoms with van der Waals surface area (Å²) in [7, 11) is 0. The summed E-state index contributed by atoms with van der Waals surface area (Å²) in [6, 6.07) is 9.06. The van der Waals surface area contributed by atoms with E-state index in [0.29, 0.717) is 11.4 Å². The van der Waals surface area contributed by atoms with Crippen molar-refractivity contribution in [2.24, 2.45) is 0 Å². The average molecular weight is 346 g/mol. The van der Waals surface area contributed by atoms with Crippen LogP contribution in [0.4, 0.5) is 19.3 Å². The molecule has 0 heterocycles. The van der Waals surface area contributed by atoms with Gasteiger partial charge in [-0.15, -0.1) is 6.42 Å². The van der Waals surface area contributed by atoms with E-state index in [1.54, 1.807) is 24.3 Å². The van der Waals surface area contributed by atoms with Crippen molar-refractivity contribution in [2.75, 3.05) is 18.5 Å². The van der Waals surface area contributed by atoms with E-state index >= 15 is 0 Å². The predicted octanol–water partition coefficient (Wildman–Crippen LogP) is 2.83. The Morgan fingerprint density at radius 1 is 1.20 bits per heavy atom. The molecule has 2 aromatic carbocycles. The maximum Gasteiger partial charge on any atom is 0.319 e. The number of aliphatic hydroxyl groups excluding tert-OH is 1. The summed E-state index contributed by atoms with van der Waals surface area (Å²) in [5, 5.41) is 14.7. The van der Waals surface area contributed by atoms with E-state index in [9.17, 15) is 18.7 Å². The number of halogens is 2. The lowest BCUT2D eigenvalue weighted by molar-refractivity contribution is 0.166. The van der Waals surface area contributed by atoms with E-state index in [1.165, 1.54) is 6.07 Å². The average Bonchev–Trinajstić information content (AvgIpc) is 2.59. The van der Waals surface area contributed by atoms with Crippen LogP contribution in [0.3, 0.4) is 0 Å². The number of benzene rings is 2. The highest BCUT2D eigenvalue weighted by Gasteiger charge is 2.18. The molecule has 7 heteroatoms. The summed E-state index contributed by atoms with van der Waals surface area (Å²) in [5.74, 6) is 1.13. The van der Waals surface area contributed by atoms with Gasteiger partial charge in [-0.2, -0.15) is 0 Å². The van der Waals surface area contributed by atoms with E-state index in [4.69, 9.17) is 11.2 Å². The second-order valence-electron chi connectivity index (χ2n) is 5.00. The number of carbonyl (C=O) groups excluding carboxylic acids is 1. The molecule has 130 valence electrons. The van der Waals surface area contributed by atoms with Gasteiger partial charge in [0, 0.05) is 12.2 Å². The lowest BCUT2D eigenvalue weighted by Crippen LogP contribution is -2.32. The van der Waals surface area contributed by atoms with Crippen molar-refractivity contribution in [3.63, 3.8) is 0 Å². The second kappa shape index (κ2) is 8.66. The van der Waals surface area contributed by atoms with Crippen molar-refractivity contribution in [1.29, 1.82) is 0 Å². The van der Waals surface area contributed by atoms with Crippen LogP contribution in [0.5, 0.6) is 5.75 Å². The molecule has 25 heavy (non-hydrogen) atoms. The maximum atomic E-state index is 13.5. The van der Waals surface area contributed by atoms with Gasteiger partial charge in [-0.25, -0.2) is 13.6 Å². The van der Waals surface area contributed by atoms with E-state index in [-0.39, 0.29) is 13.2 Å². The number of hydrogen-bond acceptors (Lipinski definition) is 3. The van der Waals surface area contributed by atoms with Crippen LogP contribution in [0.25, 0.3) is 0 Å².